The first-order chi connectivity index (χ1) is 12.4. The number of hydrogen-bond donors (Lipinski definition) is 1. The fourth-order valence-corrected chi connectivity index (χ4v) is 4.89. The van der Waals surface area contributed by atoms with Crippen molar-refractivity contribution in [1.29, 1.82) is 0 Å². The summed E-state index contributed by atoms with van der Waals surface area (Å²) in [6, 6.07) is 7.41. The van der Waals surface area contributed by atoms with Crippen molar-refractivity contribution < 1.29 is 4.42 Å². The highest BCUT2D eigenvalue weighted by Gasteiger charge is 2.39. The van der Waals surface area contributed by atoms with Gasteiger partial charge in [0.1, 0.15) is 5.37 Å². The number of rotatable bonds is 2. The van der Waals surface area contributed by atoms with Crippen molar-refractivity contribution in [2.45, 2.75) is 26.1 Å². The minimum absolute atomic E-state index is 0.129. The Morgan fingerprint density at radius 1 is 1.12 bits per heavy atom. The van der Waals surface area contributed by atoms with E-state index in [1.165, 1.54) is 16.8 Å². The molecular formula is C19H19ClN4OS. The SMILES string of the molecule is CC1=C2C(N)=C(c3nnc(-c4ccccc4Cl)o3)SC2N(C)C(C)=C1C. The second-order valence-electron chi connectivity index (χ2n) is 6.47. The first-order valence-electron chi connectivity index (χ1n) is 8.27. The second kappa shape index (κ2) is 6.21. The number of halogens is 1. The van der Waals surface area contributed by atoms with Gasteiger partial charge in [0.15, 0.2) is 0 Å². The lowest BCUT2D eigenvalue weighted by Crippen LogP contribution is -2.33. The molecule has 1 atom stereocenters. The lowest BCUT2D eigenvalue weighted by molar-refractivity contribution is 0.415. The van der Waals surface area contributed by atoms with Crippen molar-refractivity contribution in [2.24, 2.45) is 5.73 Å². The predicted molar refractivity (Wildman–Crippen MR) is 106 cm³/mol. The molecule has 3 heterocycles. The molecule has 2 N–H and O–H groups in total. The largest absolute Gasteiger partial charge is 0.415 e. The van der Waals surface area contributed by atoms with E-state index >= 15 is 0 Å². The van der Waals surface area contributed by atoms with E-state index in [2.05, 4.69) is 42.9 Å². The van der Waals surface area contributed by atoms with Gasteiger partial charge < -0.3 is 15.1 Å². The van der Waals surface area contributed by atoms with Gasteiger partial charge >= 0.3 is 0 Å². The smallest absolute Gasteiger partial charge is 0.256 e. The molecular weight excluding hydrogens is 368 g/mol. The van der Waals surface area contributed by atoms with Crippen LogP contribution in [0.2, 0.25) is 5.02 Å². The summed E-state index contributed by atoms with van der Waals surface area (Å²) in [5.74, 6) is 0.826. The Bertz CT molecular complexity index is 1000. The van der Waals surface area contributed by atoms with E-state index in [9.17, 15) is 0 Å². The van der Waals surface area contributed by atoms with E-state index in [0.29, 0.717) is 28.1 Å². The van der Waals surface area contributed by atoms with Gasteiger partial charge in [-0.3, -0.25) is 0 Å². The third kappa shape index (κ3) is 2.47. The van der Waals surface area contributed by atoms with Crippen LogP contribution in [0.3, 0.4) is 0 Å². The van der Waals surface area contributed by atoms with Gasteiger partial charge in [0.05, 0.1) is 21.2 Å². The van der Waals surface area contributed by atoms with Gasteiger partial charge in [-0.25, -0.2) is 0 Å². The Morgan fingerprint density at radius 2 is 1.81 bits per heavy atom. The molecule has 1 aromatic carbocycles. The quantitative estimate of drug-likeness (QED) is 0.810. The van der Waals surface area contributed by atoms with Crippen molar-refractivity contribution in [2.75, 3.05) is 7.05 Å². The van der Waals surface area contributed by atoms with Gasteiger partial charge in [0, 0.05) is 18.3 Å². The molecule has 0 saturated carbocycles. The zero-order valence-corrected chi connectivity index (χ0v) is 16.6. The number of likely N-dealkylation sites (N-methyl/N-ethyl adjacent to an activating group) is 1. The normalized spacial score (nSPS) is 20.3. The molecule has 134 valence electrons. The molecule has 5 nitrogen and oxygen atoms in total. The van der Waals surface area contributed by atoms with Crippen molar-refractivity contribution in [1.82, 2.24) is 15.1 Å². The number of thioether (sulfide) groups is 1. The summed E-state index contributed by atoms with van der Waals surface area (Å²) in [6.07, 6.45) is 0. The molecule has 0 amide bonds. The van der Waals surface area contributed by atoms with Crippen LogP contribution in [0.25, 0.3) is 16.4 Å². The first kappa shape index (κ1) is 17.2. The van der Waals surface area contributed by atoms with Crippen molar-refractivity contribution in [3.05, 3.63) is 63.3 Å². The van der Waals surface area contributed by atoms with Crippen molar-refractivity contribution >= 4 is 28.3 Å². The summed E-state index contributed by atoms with van der Waals surface area (Å²) in [4.78, 5) is 3.07. The van der Waals surface area contributed by atoms with Gasteiger partial charge in [-0.05, 0) is 44.1 Å². The van der Waals surface area contributed by atoms with Crippen LogP contribution in [0.4, 0.5) is 0 Å². The Kier molecular flexibility index (Phi) is 4.12. The third-order valence-corrected chi connectivity index (χ3v) is 6.86. The molecule has 2 aliphatic heterocycles. The van der Waals surface area contributed by atoms with Crippen LogP contribution in [-0.2, 0) is 0 Å². The van der Waals surface area contributed by atoms with E-state index in [0.717, 1.165) is 10.5 Å². The maximum atomic E-state index is 6.50. The molecule has 26 heavy (non-hydrogen) atoms. The topological polar surface area (TPSA) is 68.2 Å². The van der Waals surface area contributed by atoms with Gasteiger partial charge in [0.2, 0.25) is 5.89 Å². The highest BCUT2D eigenvalue weighted by Crippen LogP contribution is 2.51. The molecule has 0 saturated heterocycles. The van der Waals surface area contributed by atoms with E-state index in [1.54, 1.807) is 17.8 Å². The zero-order chi connectivity index (χ0) is 18.6. The number of benzene rings is 1. The Balaban J connectivity index is 1.77. The van der Waals surface area contributed by atoms with Gasteiger partial charge in [-0.15, -0.1) is 10.2 Å². The molecule has 0 fully saturated rings. The molecule has 4 rings (SSSR count). The molecule has 1 aromatic heterocycles. The van der Waals surface area contributed by atoms with Crippen LogP contribution in [-0.4, -0.2) is 27.5 Å². The minimum atomic E-state index is 0.129. The predicted octanol–water partition coefficient (Wildman–Crippen LogP) is 4.65. The molecule has 0 spiro atoms. The molecule has 0 radical (unpaired) electrons. The van der Waals surface area contributed by atoms with Crippen LogP contribution in [0.15, 0.2) is 56.8 Å². The highest BCUT2D eigenvalue weighted by atomic mass is 35.5. The number of allylic oxidation sites excluding steroid dienone is 3. The molecule has 1 unspecified atom stereocenters. The fourth-order valence-electron chi connectivity index (χ4n) is 3.29. The lowest BCUT2D eigenvalue weighted by atomic mass is 9.94. The van der Waals surface area contributed by atoms with Crippen LogP contribution < -0.4 is 5.73 Å². The maximum absolute atomic E-state index is 6.50. The Hall–Kier alpha value is -2.18. The third-order valence-electron chi connectivity index (χ3n) is 5.12. The van der Waals surface area contributed by atoms with E-state index in [4.69, 9.17) is 21.8 Å². The molecule has 0 aliphatic carbocycles. The molecule has 2 aromatic rings. The number of fused-ring (bicyclic) bond motifs is 1. The Morgan fingerprint density at radius 3 is 2.54 bits per heavy atom. The van der Waals surface area contributed by atoms with Gasteiger partial charge in [0.25, 0.3) is 5.89 Å². The first-order valence-corrected chi connectivity index (χ1v) is 9.53. The number of nitrogens with zero attached hydrogens (tertiary/aromatic N) is 3. The summed E-state index contributed by atoms with van der Waals surface area (Å²) < 4.78 is 5.92. The monoisotopic (exact) mass is 386 g/mol. The fraction of sp³-hybridized carbons (Fsp3) is 0.263. The highest BCUT2D eigenvalue weighted by molar-refractivity contribution is 8.09. The van der Waals surface area contributed by atoms with Gasteiger partial charge in [-0.1, -0.05) is 35.5 Å². The average Bonchev–Trinajstić information content (AvgIpc) is 3.23. The van der Waals surface area contributed by atoms with Crippen LogP contribution >= 0.6 is 23.4 Å². The lowest BCUT2D eigenvalue weighted by Gasteiger charge is -2.35. The molecule has 0 bridgehead atoms. The average molecular weight is 387 g/mol. The summed E-state index contributed by atoms with van der Waals surface area (Å²) >= 11 is 7.88. The Labute approximate surface area is 161 Å². The maximum Gasteiger partial charge on any atom is 0.256 e. The summed E-state index contributed by atoms with van der Waals surface area (Å²) in [7, 11) is 2.09. The summed E-state index contributed by atoms with van der Waals surface area (Å²) in [6.45, 7) is 6.38. The number of aromatic nitrogens is 2. The zero-order valence-electron chi connectivity index (χ0n) is 15.0. The van der Waals surface area contributed by atoms with Crippen LogP contribution in [0, 0.1) is 0 Å². The van der Waals surface area contributed by atoms with E-state index in [1.807, 2.05) is 18.2 Å². The molecule has 7 heteroatoms. The van der Waals surface area contributed by atoms with Gasteiger partial charge in [-0.2, -0.15) is 0 Å². The summed E-state index contributed by atoms with van der Waals surface area (Å²) in [5, 5.41) is 9.09. The van der Waals surface area contributed by atoms with E-state index < -0.39 is 0 Å². The second-order valence-corrected chi connectivity index (χ2v) is 7.96. The van der Waals surface area contributed by atoms with Crippen LogP contribution in [0.1, 0.15) is 26.7 Å². The number of hydrogen-bond acceptors (Lipinski definition) is 6. The van der Waals surface area contributed by atoms with E-state index in [-0.39, 0.29) is 5.37 Å². The van der Waals surface area contributed by atoms with Crippen molar-refractivity contribution in [3.63, 3.8) is 0 Å². The number of nitrogens with two attached hydrogens (primary N) is 1. The summed E-state index contributed by atoms with van der Waals surface area (Å²) in [5.41, 5.74) is 12.8. The minimum Gasteiger partial charge on any atom is -0.415 e. The molecule has 2 aliphatic rings. The van der Waals surface area contributed by atoms with Crippen molar-refractivity contribution in [3.8, 4) is 11.5 Å². The van der Waals surface area contributed by atoms with Crippen LogP contribution in [0.5, 0.6) is 0 Å². The standard InChI is InChI=1S/C19H19ClN4OS/c1-9-10(2)14-15(21)16(26-19(14)24(4)11(9)3)18-23-22-17(25-18)12-7-5-6-8-13(12)20/h5-8,19H,21H2,1-4H3.